The van der Waals surface area contributed by atoms with E-state index in [4.69, 9.17) is 19.3 Å². The van der Waals surface area contributed by atoms with E-state index in [2.05, 4.69) is 5.32 Å². The van der Waals surface area contributed by atoms with Crippen LogP contribution in [0.5, 0.6) is 0 Å². The number of rotatable bonds is 6. The molecule has 2 atom stereocenters. The summed E-state index contributed by atoms with van der Waals surface area (Å²) in [5.41, 5.74) is 9.29. The molecule has 9 heteroatoms. The predicted octanol–water partition coefficient (Wildman–Crippen LogP) is 5.70. The van der Waals surface area contributed by atoms with E-state index in [0.717, 1.165) is 16.0 Å². The van der Waals surface area contributed by atoms with Crippen LogP contribution in [-0.2, 0) is 24.7 Å². The van der Waals surface area contributed by atoms with E-state index < -0.39 is 7.82 Å². The van der Waals surface area contributed by atoms with Gasteiger partial charge in [-0.25, -0.2) is 4.57 Å². The van der Waals surface area contributed by atoms with Gasteiger partial charge in [0.05, 0.1) is 30.2 Å². The van der Waals surface area contributed by atoms with Crippen molar-refractivity contribution < 1.29 is 22.9 Å². The Bertz CT molecular complexity index is 1100. The molecule has 4 rings (SSSR count). The van der Waals surface area contributed by atoms with Gasteiger partial charge in [0.25, 0.3) is 5.91 Å². The number of thiophene rings is 1. The van der Waals surface area contributed by atoms with Crippen molar-refractivity contribution in [1.82, 2.24) is 0 Å². The number of hydrogen-bond donors (Lipinski definition) is 2. The Morgan fingerprint density at radius 2 is 1.84 bits per heavy atom. The second-order valence-electron chi connectivity index (χ2n) is 7.27. The molecule has 0 aliphatic carbocycles. The third-order valence-electron chi connectivity index (χ3n) is 4.96. The Hall–Kier alpha value is -2.48. The van der Waals surface area contributed by atoms with Crippen LogP contribution in [-0.4, -0.2) is 18.1 Å². The number of nitrogen functional groups attached to an aromatic ring is 1. The summed E-state index contributed by atoms with van der Waals surface area (Å²) in [5, 5.41) is 4.86. The zero-order chi connectivity index (χ0) is 22.0. The molecule has 1 fully saturated rings. The molecular weight excluding hydrogens is 435 g/mol. The Kier molecular flexibility index (Phi) is 6.27. The predicted molar refractivity (Wildman–Crippen MR) is 122 cm³/mol. The van der Waals surface area contributed by atoms with Crippen LogP contribution in [0.2, 0.25) is 0 Å². The molecule has 1 aromatic heterocycles. The van der Waals surface area contributed by atoms with E-state index in [0.29, 0.717) is 16.9 Å². The van der Waals surface area contributed by atoms with E-state index in [1.807, 2.05) is 29.6 Å². The highest BCUT2D eigenvalue weighted by Crippen LogP contribution is 2.57. The number of phosphoric ester groups is 1. The molecule has 31 heavy (non-hydrogen) atoms. The highest BCUT2D eigenvalue weighted by Gasteiger charge is 2.41. The first kappa shape index (κ1) is 21.7. The molecule has 0 unspecified atom stereocenters. The summed E-state index contributed by atoms with van der Waals surface area (Å²) in [5.74, 6) is -0.277. The number of nitrogens with one attached hydrogen (secondary N) is 1. The van der Waals surface area contributed by atoms with Gasteiger partial charge < -0.3 is 11.1 Å². The Morgan fingerprint density at radius 3 is 2.48 bits per heavy atom. The zero-order valence-corrected chi connectivity index (χ0v) is 18.8. The van der Waals surface area contributed by atoms with Gasteiger partial charge in [-0.15, -0.1) is 11.3 Å². The topological polar surface area (TPSA) is 99.9 Å². The van der Waals surface area contributed by atoms with Gasteiger partial charge in [-0.2, -0.15) is 0 Å². The second kappa shape index (κ2) is 8.94. The maximum absolute atomic E-state index is 12.7. The lowest BCUT2D eigenvalue weighted by Crippen LogP contribution is -2.13. The van der Waals surface area contributed by atoms with Crippen LogP contribution in [0, 0.1) is 0 Å². The highest BCUT2D eigenvalue weighted by atomic mass is 32.1. The molecule has 2 heterocycles. The average molecular weight is 458 g/mol. The van der Waals surface area contributed by atoms with Crippen LogP contribution in [0.25, 0.3) is 10.4 Å². The number of anilines is 2. The molecule has 0 saturated carbocycles. The quantitative estimate of drug-likeness (QED) is 0.363. The van der Waals surface area contributed by atoms with Crippen LogP contribution in [0.3, 0.4) is 0 Å². The first-order chi connectivity index (χ1) is 14.8. The monoisotopic (exact) mass is 458 g/mol. The highest BCUT2D eigenvalue weighted by molar-refractivity contribution is 7.48. The van der Waals surface area contributed by atoms with Crippen LogP contribution in [0.1, 0.15) is 29.8 Å². The molecule has 1 aliphatic heterocycles. The van der Waals surface area contributed by atoms with E-state index in [-0.39, 0.29) is 24.7 Å². The van der Waals surface area contributed by atoms with Gasteiger partial charge in [-0.1, -0.05) is 24.3 Å². The second-order valence-corrected chi connectivity index (χ2v) is 9.79. The summed E-state index contributed by atoms with van der Waals surface area (Å²) in [7, 11) is -3.55. The molecule has 0 spiro atoms. The Labute approximate surface area is 184 Å². The van der Waals surface area contributed by atoms with Crippen LogP contribution in [0.15, 0.2) is 60.0 Å². The number of benzene rings is 2. The van der Waals surface area contributed by atoms with E-state index in [9.17, 15) is 9.36 Å². The molecular formula is C22H23N2O5PS. The minimum Gasteiger partial charge on any atom is -0.397 e. The minimum atomic E-state index is -3.55. The van der Waals surface area contributed by atoms with Crippen LogP contribution < -0.4 is 11.1 Å². The number of carbonyl (C=O) groups is 1. The van der Waals surface area contributed by atoms with Gasteiger partial charge in [0, 0.05) is 10.4 Å². The maximum Gasteiger partial charge on any atom is 0.475 e. The lowest BCUT2D eigenvalue weighted by atomic mass is 10.1. The molecule has 1 amide bonds. The van der Waals surface area contributed by atoms with Gasteiger partial charge in [-0.3, -0.25) is 18.4 Å². The lowest BCUT2D eigenvalue weighted by molar-refractivity contribution is 0.102. The summed E-state index contributed by atoms with van der Waals surface area (Å²) < 4.78 is 28.4. The summed E-state index contributed by atoms with van der Waals surface area (Å²) in [6.07, 6.45) is -0.578. The van der Waals surface area contributed by atoms with E-state index in [1.54, 1.807) is 55.5 Å². The Balaban J connectivity index is 1.40. The zero-order valence-electron chi connectivity index (χ0n) is 17.1. The van der Waals surface area contributed by atoms with E-state index in [1.165, 1.54) is 0 Å². The molecule has 162 valence electrons. The standard InChI is InChI=1S/C22H23N2O5PS/c1-14-15(2)29-30(26,28-14)27-13-16-5-7-17(8-6-16)22(25)24-20-12-18(9-10-19(20)23)21-4-3-11-31-21/h3-12,14-15H,13,23H2,1-2H3,(H,24,25)/t14-,15-/m1/s1. The minimum absolute atomic E-state index is 0.0500. The number of amides is 1. The van der Waals surface area contributed by atoms with Gasteiger partial charge >= 0.3 is 7.82 Å². The van der Waals surface area contributed by atoms with Crippen molar-refractivity contribution in [2.45, 2.75) is 32.7 Å². The maximum atomic E-state index is 12.7. The number of carbonyl (C=O) groups excluding carboxylic acids is 1. The van der Waals surface area contributed by atoms with Gasteiger partial charge in [0.15, 0.2) is 0 Å². The third-order valence-corrected chi connectivity index (χ3v) is 7.51. The van der Waals surface area contributed by atoms with Crippen molar-refractivity contribution in [3.05, 3.63) is 71.1 Å². The fourth-order valence-corrected chi connectivity index (χ4v) is 5.39. The Morgan fingerprint density at radius 1 is 1.13 bits per heavy atom. The SMILES string of the molecule is C[C@H]1OP(=O)(OCc2ccc(C(=O)Nc3cc(-c4cccs4)ccc3N)cc2)O[C@@H]1C. The molecule has 1 saturated heterocycles. The molecule has 3 aromatic rings. The first-order valence-electron chi connectivity index (χ1n) is 9.78. The van der Waals surface area contributed by atoms with Crippen molar-refractivity contribution in [2.75, 3.05) is 11.1 Å². The molecule has 3 N–H and O–H groups in total. The molecule has 1 aliphatic rings. The van der Waals surface area contributed by atoms with Crippen molar-refractivity contribution in [1.29, 1.82) is 0 Å². The van der Waals surface area contributed by atoms with Crippen molar-refractivity contribution >= 4 is 36.4 Å². The largest absolute Gasteiger partial charge is 0.475 e. The molecule has 7 nitrogen and oxygen atoms in total. The fourth-order valence-electron chi connectivity index (χ4n) is 3.03. The smallest absolute Gasteiger partial charge is 0.397 e. The van der Waals surface area contributed by atoms with Crippen molar-refractivity contribution in [3.8, 4) is 10.4 Å². The molecule has 0 radical (unpaired) electrons. The normalized spacial score (nSPS) is 19.9. The summed E-state index contributed by atoms with van der Waals surface area (Å²) in [6.45, 7) is 3.61. The van der Waals surface area contributed by atoms with Crippen LogP contribution in [0.4, 0.5) is 11.4 Å². The number of hydrogen-bond acceptors (Lipinski definition) is 7. The van der Waals surface area contributed by atoms with Gasteiger partial charge in [-0.05, 0) is 60.7 Å². The first-order valence-corrected chi connectivity index (χ1v) is 12.1. The summed E-state index contributed by atoms with van der Waals surface area (Å²) >= 11 is 1.62. The van der Waals surface area contributed by atoms with Crippen molar-refractivity contribution in [2.24, 2.45) is 0 Å². The van der Waals surface area contributed by atoms with Crippen molar-refractivity contribution in [3.63, 3.8) is 0 Å². The summed E-state index contributed by atoms with van der Waals surface area (Å²) in [6, 6.07) is 16.4. The molecule has 2 aromatic carbocycles. The molecule has 0 bridgehead atoms. The van der Waals surface area contributed by atoms with Crippen LogP contribution >= 0.6 is 19.2 Å². The van der Waals surface area contributed by atoms with Gasteiger partial charge in [0.1, 0.15) is 0 Å². The lowest BCUT2D eigenvalue weighted by Gasteiger charge is -2.12. The van der Waals surface area contributed by atoms with Gasteiger partial charge in [0.2, 0.25) is 0 Å². The number of phosphoric acid groups is 1. The van der Waals surface area contributed by atoms with E-state index >= 15 is 0 Å². The third kappa shape index (κ3) is 5.06. The number of nitrogens with two attached hydrogens (primary N) is 1. The average Bonchev–Trinajstić information content (AvgIpc) is 3.37. The fraction of sp³-hybridized carbons (Fsp3) is 0.227. The summed E-state index contributed by atoms with van der Waals surface area (Å²) in [4.78, 5) is 13.8.